The molecule has 0 saturated carbocycles. The summed E-state index contributed by atoms with van der Waals surface area (Å²) in [6, 6.07) is 15.0. The Labute approximate surface area is 183 Å². The molecule has 1 amide bonds. The molecule has 0 N–H and O–H groups in total. The standard InChI is InChI=1S/C25H22F3NO3/c1-15(25(26,27)28)16-10-17-12-31-13-18(11-16)29(17)24(30)32-14-23-21-8-4-2-6-19(21)20-7-3-5-9-22(20)23/h2-10,17-18,23H,1,11-14H2. The molecule has 4 nitrogen and oxygen atoms in total. The van der Waals surface area contributed by atoms with Crippen LogP contribution in [0.15, 0.2) is 72.3 Å². The van der Waals surface area contributed by atoms with Gasteiger partial charge in [0.1, 0.15) is 6.61 Å². The highest BCUT2D eigenvalue weighted by atomic mass is 19.4. The Morgan fingerprint density at radius 3 is 2.28 bits per heavy atom. The van der Waals surface area contributed by atoms with Crippen LogP contribution in [0.2, 0.25) is 0 Å². The molecule has 3 aliphatic rings. The van der Waals surface area contributed by atoms with E-state index in [1.807, 2.05) is 36.4 Å². The zero-order valence-corrected chi connectivity index (χ0v) is 17.3. The molecule has 2 atom stereocenters. The van der Waals surface area contributed by atoms with Gasteiger partial charge in [0.15, 0.2) is 0 Å². The van der Waals surface area contributed by atoms with Gasteiger partial charge in [-0.2, -0.15) is 13.2 Å². The number of rotatable bonds is 3. The van der Waals surface area contributed by atoms with Gasteiger partial charge in [-0.05, 0) is 34.2 Å². The monoisotopic (exact) mass is 441 g/mol. The maximum absolute atomic E-state index is 13.1. The number of benzene rings is 2. The van der Waals surface area contributed by atoms with Crippen LogP contribution in [-0.4, -0.2) is 49.1 Å². The van der Waals surface area contributed by atoms with Crippen molar-refractivity contribution in [2.45, 2.75) is 30.6 Å². The summed E-state index contributed by atoms with van der Waals surface area (Å²) in [7, 11) is 0. The van der Waals surface area contributed by atoms with E-state index in [9.17, 15) is 18.0 Å². The quantitative estimate of drug-likeness (QED) is 0.636. The van der Waals surface area contributed by atoms with E-state index in [1.165, 1.54) is 11.0 Å². The molecule has 7 heteroatoms. The van der Waals surface area contributed by atoms with Crippen LogP contribution in [0.1, 0.15) is 23.5 Å². The number of amides is 1. The maximum Gasteiger partial charge on any atom is 0.416 e. The molecular formula is C25H22F3NO3. The van der Waals surface area contributed by atoms with Crippen molar-refractivity contribution >= 4 is 6.09 Å². The predicted octanol–water partition coefficient (Wildman–Crippen LogP) is 5.45. The summed E-state index contributed by atoms with van der Waals surface area (Å²) in [4.78, 5) is 14.6. The molecule has 1 fully saturated rings. The summed E-state index contributed by atoms with van der Waals surface area (Å²) >= 11 is 0. The van der Waals surface area contributed by atoms with Crippen molar-refractivity contribution in [3.8, 4) is 11.1 Å². The lowest BCUT2D eigenvalue weighted by molar-refractivity contribution is -0.0908. The third-order valence-electron chi connectivity index (χ3n) is 6.48. The van der Waals surface area contributed by atoms with E-state index >= 15 is 0 Å². The van der Waals surface area contributed by atoms with Crippen LogP contribution in [-0.2, 0) is 9.47 Å². The zero-order valence-electron chi connectivity index (χ0n) is 17.3. The molecule has 1 saturated heterocycles. The van der Waals surface area contributed by atoms with Gasteiger partial charge in [-0.15, -0.1) is 0 Å². The van der Waals surface area contributed by atoms with E-state index in [4.69, 9.17) is 9.47 Å². The van der Waals surface area contributed by atoms with Crippen molar-refractivity contribution in [2.24, 2.45) is 0 Å². The number of halogens is 3. The van der Waals surface area contributed by atoms with Crippen molar-refractivity contribution in [1.29, 1.82) is 0 Å². The third-order valence-corrected chi connectivity index (χ3v) is 6.48. The molecule has 32 heavy (non-hydrogen) atoms. The molecule has 2 aromatic carbocycles. The van der Waals surface area contributed by atoms with E-state index in [-0.39, 0.29) is 37.7 Å². The van der Waals surface area contributed by atoms with Gasteiger partial charge in [0.05, 0.1) is 30.9 Å². The normalized spacial score (nSPS) is 22.1. The number of carbonyl (C=O) groups is 1. The van der Waals surface area contributed by atoms with Gasteiger partial charge in [-0.1, -0.05) is 61.2 Å². The van der Waals surface area contributed by atoms with Crippen molar-refractivity contribution in [2.75, 3.05) is 19.8 Å². The van der Waals surface area contributed by atoms with E-state index in [1.54, 1.807) is 0 Å². The highest BCUT2D eigenvalue weighted by Gasteiger charge is 2.43. The average molecular weight is 441 g/mol. The number of fused-ring (bicyclic) bond motifs is 5. The first kappa shape index (κ1) is 20.8. The Morgan fingerprint density at radius 1 is 1.06 bits per heavy atom. The molecule has 2 aromatic rings. The molecule has 2 heterocycles. The van der Waals surface area contributed by atoms with E-state index in [2.05, 4.69) is 18.7 Å². The molecule has 0 radical (unpaired) electrons. The average Bonchev–Trinajstić information content (AvgIpc) is 3.09. The number of morpholine rings is 1. The molecule has 2 bridgehead atoms. The second-order valence-electron chi connectivity index (χ2n) is 8.34. The fourth-order valence-corrected chi connectivity index (χ4v) is 4.95. The smallest absolute Gasteiger partial charge is 0.416 e. The molecule has 2 aliphatic heterocycles. The Bertz CT molecular complexity index is 1060. The number of hydrogen-bond acceptors (Lipinski definition) is 3. The van der Waals surface area contributed by atoms with Gasteiger partial charge < -0.3 is 9.47 Å². The first-order chi connectivity index (χ1) is 15.3. The summed E-state index contributed by atoms with van der Waals surface area (Å²) in [5.74, 6) is -0.0802. The van der Waals surface area contributed by atoms with Gasteiger partial charge in [-0.3, -0.25) is 4.90 Å². The number of alkyl halides is 3. The van der Waals surface area contributed by atoms with Crippen LogP contribution in [0, 0.1) is 0 Å². The fourth-order valence-electron chi connectivity index (χ4n) is 4.95. The van der Waals surface area contributed by atoms with Crippen molar-refractivity contribution in [3.63, 3.8) is 0 Å². The van der Waals surface area contributed by atoms with E-state index in [0.29, 0.717) is 0 Å². The SMILES string of the molecule is C=C(C1=CC2COCC(C1)N2C(=O)OCC1c2ccccc2-c2ccccc21)C(F)(F)F. The van der Waals surface area contributed by atoms with Crippen LogP contribution < -0.4 is 0 Å². The second-order valence-corrected chi connectivity index (χ2v) is 8.34. The van der Waals surface area contributed by atoms with Gasteiger partial charge in [0.25, 0.3) is 0 Å². The number of allylic oxidation sites excluding steroid dienone is 1. The molecule has 0 spiro atoms. The van der Waals surface area contributed by atoms with Crippen molar-refractivity contribution in [3.05, 3.63) is 83.5 Å². The van der Waals surface area contributed by atoms with Gasteiger partial charge in [0.2, 0.25) is 0 Å². The topological polar surface area (TPSA) is 38.8 Å². The number of ether oxygens (including phenoxy) is 2. The summed E-state index contributed by atoms with van der Waals surface area (Å²) < 4.78 is 50.6. The van der Waals surface area contributed by atoms with Gasteiger partial charge in [-0.25, -0.2) is 4.79 Å². The summed E-state index contributed by atoms with van der Waals surface area (Å²) in [6.07, 6.45) is -3.54. The maximum atomic E-state index is 13.1. The largest absolute Gasteiger partial charge is 0.448 e. The molecule has 2 unspecified atom stereocenters. The van der Waals surface area contributed by atoms with Gasteiger partial charge in [0, 0.05) is 5.92 Å². The fraction of sp³-hybridized carbons (Fsp3) is 0.320. The Balaban J connectivity index is 1.34. The first-order valence-corrected chi connectivity index (χ1v) is 10.5. The van der Waals surface area contributed by atoms with Crippen LogP contribution in [0.4, 0.5) is 18.0 Å². The minimum absolute atomic E-state index is 0.0407. The lowest BCUT2D eigenvalue weighted by Crippen LogP contribution is -2.56. The molecular weight excluding hydrogens is 419 g/mol. The van der Waals surface area contributed by atoms with Crippen LogP contribution >= 0.6 is 0 Å². The molecule has 5 rings (SSSR count). The lowest BCUT2D eigenvalue weighted by Gasteiger charge is -2.44. The summed E-state index contributed by atoms with van der Waals surface area (Å²) in [5, 5.41) is 0. The van der Waals surface area contributed by atoms with E-state index < -0.39 is 29.9 Å². The van der Waals surface area contributed by atoms with Crippen LogP contribution in [0.5, 0.6) is 0 Å². The van der Waals surface area contributed by atoms with Crippen molar-refractivity contribution < 1.29 is 27.4 Å². The summed E-state index contributed by atoms with van der Waals surface area (Å²) in [6.45, 7) is 3.68. The van der Waals surface area contributed by atoms with Gasteiger partial charge >= 0.3 is 12.3 Å². The Morgan fingerprint density at radius 2 is 1.69 bits per heavy atom. The van der Waals surface area contributed by atoms with Crippen LogP contribution in [0.3, 0.4) is 0 Å². The predicted molar refractivity (Wildman–Crippen MR) is 113 cm³/mol. The highest BCUT2D eigenvalue weighted by Crippen LogP contribution is 2.45. The molecule has 166 valence electrons. The number of hydrogen-bond donors (Lipinski definition) is 0. The number of nitrogens with zero attached hydrogens (tertiary/aromatic N) is 1. The summed E-state index contributed by atoms with van der Waals surface area (Å²) in [5.41, 5.74) is 3.73. The Kier molecular flexibility index (Phi) is 5.08. The second kappa shape index (κ2) is 7.81. The highest BCUT2D eigenvalue weighted by molar-refractivity contribution is 5.79. The third kappa shape index (κ3) is 3.50. The van der Waals surface area contributed by atoms with E-state index in [0.717, 1.165) is 22.3 Å². The minimum Gasteiger partial charge on any atom is -0.448 e. The Hall–Kier alpha value is -3.06. The number of carbonyl (C=O) groups excluding carboxylic acids is 1. The first-order valence-electron chi connectivity index (χ1n) is 10.5. The minimum atomic E-state index is -4.49. The van der Waals surface area contributed by atoms with Crippen LogP contribution in [0.25, 0.3) is 11.1 Å². The van der Waals surface area contributed by atoms with Crippen molar-refractivity contribution in [1.82, 2.24) is 4.90 Å². The lowest BCUT2D eigenvalue weighted by atomic mass is 9.90. The zero-order chi connectivity index (χ0) is 22.5. The molecule has 0 aromatic heterocycles. The molecule has 1 aliphatic carbocycles.